The molecule has 2 aromatic heterocycles. The van der Waals surface area contributed by atoms with Gasteiger partial charge in [-0.25, -0.2) is 0 Å². The molecule has 0 aromatic carbocycles. The highest BCUT2D eigenvalue weighted by molar-refractivity contribution is 5.25. The fraction of sp³-hybridized carbons (Fsp3) is 0.250. The Hall–Kier alpha value is -1.57. The summed E-state index contributed by atoms with van der Waals surface area (Å²) in [6.07, 6.45) is 6.10. The zero-order valence-corrected chi connectivity index (χ0v) is 8.57. The molecule has 0 unspecified atom stereocenters. The van der Waals surface area contributed by atoms with Crippen LogP contribution in [0.4, 0.5) is 0 Å². The van der Waals surface area contributed by atoms with Gasteiger partial charge in [0.25, 0.3) is 0 Å². The van der Waals surface area contributed by atoms with Crippen molar-refractivity contribution in [2.45, 2.75) is 20.4 Å². The molecule has 2 aromatic rings. The Morgan fingerprint density at radius 1 is 1.21 bits per heavy atom. The molecule has 0 aliphatic carbocycles. The molecule has 0 amide bonds. The van der Waals surface area contributed by atoms with Crippen LogP contribution >= 0.6 is 0 Å². The second kappa shape index (κ2) is 3.66. The van der Waals surface area contributed by atoms with Crippen LogP contribution < -0.4 is 0 Å². The van der Waals surface area contributed by atoms with E-state index in [-0.39, 0.29) is 0 Å². The number of hydrogen-bond acceptors (Lipinski definition) is 1. The summed E-state index contributed by atoms with van der Waals surface area (Å²) in [6, 6.07) is 6.24. The van der Waals surface area contributed by atoms with Crippen LogP contribution in [0.2, 0.25) is 0 Å². The number of aryl methyl sites for hydroxylation is 2. The van der Waals surface area contributed by atoms with Crippen molar-refractivity contribution in [1.82, 2.24) is 9.55 Å². The van der Waals surface area contributed by atoms with Gasteiger partial charge in [-0.1, -0.05) is 0 Å². The lowest BCUT2D eigenvalue weighted by atomic mass is 10.1. The summed E-state index contributed by atoms with van der Waals surface area (Å²) in [6.45, 7) is 5.06. The van der Waals surface area contributed by atoms with Crippen LogP contribution in [0.25, 0.3) is 0 Å². The second-order valence-electron chi connectivity index (χ2n) is 3.61. The highest BCUT2D eigenvalue weighted by Gasteiger charge is 1.99. The molecule has 14 heavy (non-hydrogen) atoms. The van der Waals surface area contributed by atoms with Gasteiger partial charge in [0.15, 0.2) is 0 Å². The van der Waals surface area contributed by atoms with Gasteiger partial charge < -0.3 is 4.57 Å². The number of pyridine rings is 1. The van der Waals surface area contributed by atoms with Crippen molar-refractivity contribution in [3.8, 4) is 0 Å². The maximum Gasteiger partial charge on any atom is 0.0474 e. The van der Waals surface area contributed by atoms with Crippen molar-refractivity contribution < 1.29 is 0 Å². The molecule has 0 bridgehead atoms. The zero-order chi connectivity index (χ0) is 9.97. The molecule has 0 N–H and O–H groups in total. The Morgan fingerprint density at radius 3 is 2.64 bits per heavy atom. The fourth-order valence-electron chi connectivity index (χ4n) is 1.53. The average molecular weight is 186 g/mol. The predicted molar refractivity (Wildman–Crippen MR) is 57.2 cm³/mol. The first-order valence-electron chi connectivity index (χ1n) is 4.78. The normalized spacial score (nSPS) is 10.4. The average Bonchev–Trinajstić information content (AvgIpc) is 2.64. The molecule has 2 heterocycles. The number of aromatic nitrogens is 2. The first kappa shape index (κ1) is 9.00. The van der Waals surface area contributed by atoms with Gasteiger partial charge in [0.1, 0.15) is 0 Å². The van der Waals surface area contributed by atoms with Crippen LogP contribution in [0.15, 0.2) is 36.8 Å². The minimum atomic E-state index is 0.933. The van der Waals surface area contributed by atoms with E-state index in [9.17, 15) is 0 Å². The van der Waals surface area contributed by atoms with Crippen LogP contribution in [0.1, 0.15) is 16.8 Å². The summed E-state index contributed by atoms with van der Waals surface area (Å²) >= 11 is 0. The molecule has 2 nitrogen and oxygen atoms in total. The summed E-state index contributed by atoms with van der Waals surface area (Å²) in [5.41, 5.74) is 3.68. The molecule has 0 saturated carbocycles. The standard InChI is InChI=1S/C12H14N2/c1-10-8-13-11(2)7-12(10)9-14-5-3-4-6-14/h3-8H,9H2,1-2H3. The van der Waals surface area contributed by atoms with Crippen LogP contribution in [-0.2, 0) is 6.54 Å². The molecule has 0 atom stereocenters. The summed E-state index contributed by atoms with van der Waals surface area (Å²) < 4.78 is 2.17. The van der Waals surface area contributed by atoms with E-state index in [1.165, 1.54) is 11.1 Å². The van der Waals surface area contributed by atoms with Crippen molar-refractivity contribution in [3.63, 3.8) is 0 Å². The lowest BCUT2D eigenvalue weighted by Crippen LogP contribution is -2.00. The third-order valence-electron chi connectivity index (χ3n) is 2.37. The van der Waals surface area contributed by atoms with E-state index in [4.69, 9.17) is 0 Å². The molecule has 0 spiro atoms. The van der Waals surface area contributed by atoms with Gasteiger partial charge in [-0.2, -0.15) is 0 Å². The molecular weight excluding hydrogens is 172 g/mol. The van der Waals surface area contributed by atoms with Gasteiger partial charge in [-0.3, -0.25) is 4.98 Å². The Morgan fingerprint density at radius 2 is 1.93 bits per heavy atom. The molecule has 0 aliphatic rings. The van der Waals surface area contributed by atoms with Crippen LogP contribution in [0.5, 0.6) is 0 Å². The Kier molecular flexibility index (Phi) is 2.35. The molecule has 72 valence electrons. The highest BCUT2D eigenvalue weighted by atomic mass is 14.9. The molecular formula is C12H14N2. The van der Waals surface area contributed by atoms with E-state index < -0.39 is 0 Å². The van der Waals surface area contributed by atoms with Crippen molar-refractivity contribution in [1.29, 1.82) is 0 Å². The third-order valence-corrected chi connectivity index (χ3v) is 2.37. The molecule has 0 fully saturated rings. The molecule has 0 radical (unpaired) electrons. The van der Waals surface area contributed by atoms with Crippen molar-refractivity contribution in [3.05, 3.63) is 53.6 Å². The van der Waals surface area contributed by atoms with Crippen molar-refractivity contribution in [2.75, 3.05) is 0 Å². The maximum absolute atomic E-state index is 4.26. The first-order valence-corrected chi connectivity index (χ1v) is 4.78. The predicted octanol–water partition coefficient (Wildman–Crippen LogP) is 2.55. The van der Waals surface area contributed by atoms with E-state index in [1.807, 2.05) is 25.3 Å². The highest BCUT2D eigenvalue weighted by Crippen LogP contribution is 2.09. The van der Waals surface area contributed by atoms with Gasteiger partial charge in [0, 0.05) is 30.8 Å². The van der Waals surface area contributed by atoms with Crippen LogP contribution in [0, 0.1) is 13.8 Å². The Bertz CT molecular complexity index is 416. The third kappa shape index (κ3) is 1.84. The minimum absolute atomic E-state index is 0.933. The summed E-state index contributed by atoms with van der Waals surface area (Å²) in [4.78, 5) is 4.26. The number of rotatable bonds is 2. The first-order chi connectivity index (χ1) is 6.75. The fourth-order valence-corrected chi connectivity index (χ4v) is 1.53. The lowest BCUT2D eigenvalue weighted by Gasteiger charge is -2.07. The Balaban J connectivity index is 2.28. The smallest absolute Gasteiger partial charge is 0.0474 e. The quantitative estimate of drug-likeness (QED) is 0.704. The van der Waals surface area contributed by atoms with Gasteiger partial charge in [-0.05, 0) is 43.2 Å². The molecule has 2 heteroatoms. The molecule has 0 saturated heterocycles. The van der Waals surface area contributed by atoms with Gasteiger partial charge >= 0.3 is 0 Å². The topological polar surface area (TPSA) is 17.8 Å². The maximum atomic E-state index is 4.26. The van der Waals surface area contributed by atoms with Crippen LogP contribution in [-0.4, -0.2) is 9.55 Å². The lowest BCUT2D eigenvalue weighted by molar-refractivity contribution is 0.796. The van der Waals surface area contributed by atoms with Gasteiger partial charge in [-0.15, -0.1) is 0 Å². The van der Waals surface area contributed by atoms with E-state index in [2.05, 4.69) is 34.9 Å². The summed E-state index contributed by atoms with van der Waals surface area (Å²) in [7, 11) is 0. The largest absolute Gasteiger partial charge is 0.350 e. The van der Waals surface area contributed by atoms with Gasteiger partial charge in [0.2, 0.25) is 0 Å². The van der Waals surface area contributed by atoms with Crippen molar-refractivity contribution >= 4 is 0 Å². The number of hydrogen-bond donors (Lipinski definition) is 0. The zero-order valence-electron chi connectivity index (χ0n) is 8.57. The molecule has 0 aliphatic heterocycles. The van der Waals surface area contributed by atoms with Crippen LogP contribution in [0.3, 0.4) is 0 Å². The summed E-state index contributed by atoms with van der Waals surface area (Å²) in [5, 5.41) is 0. The van der Waals surface area contributed by atoms with E-state index in [0.29, 0.717) is 0 Å². The number of nitrogens with zero attached hydrogens (tertiary/aromatic N) is 2. The SMILES string of the molecule is Cc1cc(Cn2cccc2)c(C)cn1. The second-order valence-corrected chi connectivity index (χ2v) is 3.61. The monoisotopic (exact) mass is 186 g/mol. The van der Waals surface area contributed by atoms with Gasteiger partial charge in [0.05, 0.1) is 0 Å². The van der Waals surface area contributed by atoms with E-state index >= 15 is 0 Å². The summed E-state index contributed by atoms with van der Waals surface area (Å²) in [5.74, 6) is 0. The van der Waals surface area contributed by atoms with Crippen molar-refractivity contribution in [2.24, 2.45) is 0 Å². The Labute approximate surface area is 84.2 Å². The molecule has 2 rings (SSSR count). The minimum Gasteiger partial charge on any atom is -0.350 e. The van der Waals surface area contributed by atoms with E-state index in [0.717, 1.165) is 12.2 Å². The van der Waals surface area contributed by atoms with E-state index in [1.54, 1.807) is 0 Å².